The lowest BCUT2D eigenvalue weighted by Crippen LogP contribution is -2.20. The number of carbonyl (C=O) groups is 1. The summed E-state index contributed by atoms with van der Waals surface area (Å²) in [5.74, 6) is 0.856. The Labute approximate surface area is 114 Å². The fourth-order valence-electron chi connectivity index (χ4n) is 2.66. The summed E-state index contributed by atoms with van der Waals surface area (Å²) in [6.45, 7) is 2.34. The van der Waals surface area contributed by atoms with Crippen LogP contribution in [-0.2, 0) is 0 Å². The first kappa shape index (κ1) is 13.7. The van der Waals surface area contributed by atoms with Crippen LogP contribution in [0.5, 0.6) is 0 Å². The molecule has 4 heteroatoms. The van der Waals surface area contributed by atoms with Crippen LogP contribution in [0.15, 0.2) is 24.3 Å². The van der Waals surface area contributed by atoms with Crippen LogP contribution in [0, 0.1) is 5.92 Å². The Bertz CT molecular complexity index is 416. The van der Waals surface area contributed by atoms with Gasteiger partial charge in [-0.2, -0.15) is 0 Å². The lowest BCUT2D eigenvalue weighted by atomic mass is 10.0. The molecule has 1 aliphatic carbocycles. The van der Waals surface area contributed by atoms with E-state index in [1.54, 1.807) is 0 Å². The number of hydrogen-bond donors (Lipinski definition) is 3. The molecule has 0 saturated heterocycles. The van der Waals surface area contributed by atoms with Crippen LogP contribution in [0.4, 0.5) is 16.2 Å². The van der Waals surface area contributed by atoms with E-state index in [1.807, 2.05) is 24.3 Å². The average molecular weight is 261 g/mol. The van der Waals surface area contributed by atoms with Gasteiger partial charge in [0.05, 0.1) is 0 Å². The Morgan fingerprint density at radius 2 is 1.79 bits per heavy atom. The van der Waals surface area contributed by atoms with Gasteiger partial charge < -0.3 is 16.4 Å². The summed E-state index contributed by atoms with van der Waals surface area (Å²) in [6.07, 6.45) is 6.44. The van der Waals surface area contributed by atoms with E-state index < -0.39 is 6.03 Å². The normalized spacial score (nSPS) is 23.4. The average Bonchev–Trinajstić information content (AvgIpc) is 2.56. The zero-order valence-corrected chi connectivity index (χ0v) is 11.5. The summed E-state index contributed by atoms with van der Waals surface area (Å²) in [4.78, 5) is 10.7. The maximum atomic E-state index is 10.7. The molecule has 0 aromatic heterocycles. The smallest absolute Gasteiger partial charge is 0.316 e. The summed E-state index contributed by atoms with van der Waals surface area (Å²) >= 11 is 0. The first-order valence-electron chi connectivity index (χ1n) is 7.06. The highest BCUT2D eigenvalue weighted by molar-refractivity contribution is 5.87. The standard InChI is InChI=1S/C15H23N3O/c1-11-3-2-4-12(6-5-11)17-13-7-9-14(10-8-13)18-15(16)19/h7-12,17H,2-6H2,1H3,(H3,16,18,19). The van der Waals surface area contributed by atoms with Gasteiger partial charge in [-0.3, -0.25) is 0 Å². The third-order valence-corrected chi connectivity index (χ3v) is 3.78. The predicted molar refractivity (Wildman–Crippen MR) is 79.3 cm³/mol. The van der Waals surface area contributed by atoms with E-state index in [2.05, 4.69) is 17.6 Å². The van der Waals surface area contributed by atoms with E-state index in [0.29, 0.717) is 6.04 Å². The van der Waals surface area contributed by atoms with Crippen LogP contribution in [0.1, 0.15) is 39.0 Å². The van der Waals surface area contributed by atoms with Gasteiger partial charge in [-0.1, -0.05) is 19.8 Å². The molecule has 2 rings (SSSR count). The molecular weight excluding hydrogens is 238 g/mol. The number of carbonyl (C=O) groups excluding carboxylic acids is 1. The maximum absolute atomic E-state index is 10.7. The number of hydrogen-bond acceptors (Lipinski definition) is 2. The molecule has 0 aliphatic heterocycles. The SMILES string of the molecule is CC1CCCC(Nc2ccc(NC(N)=O)cc2)CC1. The van der Waals surface area contributed by atoms with Crippen molar-refractivity contribution >= 4 is 17.4 Å². The van der Waals surface area contributed by atoms with E-state index in [0.717, 1.165) is 17.3 Å². The van der Waals surface area contributed by atoms with Crippen LogP contribution in [-0.4, -0.2) is 12.1 Å². The quantitative estimate of drug-likeness (QED) is 0.728. The molecule has 1 aromatic rings. The van der Waals surface area contributed by atoms with Crippen LogP contribution >= 0.6 is 0 Å². The first-order valence-corrected chi connectivity index (χ1v) is 7.06. The number of rotatable bonds is 3. The molecule has 1 fully saturated rings. The lowest BCUT2D eigenvalue weighted by Gasteiger charge is -2.18. The Morgan fingerprint density at radius 1 is 1.11 bits per heavy atom. The van der Waals surface area contributed by atoms with Gasteiger partial charge >= 0.3 is 6.03 Å². The molecule has 4 N–H and O–H groups in total. The molecule has 1 saturated carbocycles. The molecule has 2 unspecified atom stereocenters. The summed E-state index contributed by atoms with van der Waals surface area (Å²) < 4.78 is 0. The van der Waals surface area contributed by atoms with Crippen LogP contribution in [0.3, 0.4) is 0 Å². The zero-order chi connectivity index (χ0) is 13.7. The van der Waals surface area contributed by atoms with Crippen molar-refractivity contribution < 1.29 is 4.79 Å². The monoisotopic (exact) mass is 261 g/mol. The molecule has 0 radical (unpaired) electrons. The Morgan fingerprint density at radius 3 is 2.47 bits per heavy atom. The minimum Gasteiger partial charge on any atom is -0.382 e. The van der Waals surface area contributed by atoms with E-state index in [9.17, 15) is 4.79 Å². The third-order valence-electron chi connectivity index (χ3n) is 3.78. The highest BCUT2D eigenvalue weighted by Crippen LogP contribution is 2.25. The van der Waals surface area contributed by atoms with E-state index in [-0.39, 0.29) is 0 Å². The van der Waals surface area contributed by atoms with E-state index in [4.69, 9.17) is 5.73 Å². The lowest BCUT2D eigenvalue weighted by molar-refractivity contribution is 0.259. The van der Waals surface area contributed by atoms with Gasteiger partial charge in [0.2, 0.25) is 0 Å². The summed E-state index contributed by atoms with van der Waals surface area (Å²) in [7, 11) is 0. The van der Waals surface area contributed by atoms with Gasteiger partial charge in [-0.05, 0) is 49.4 Å². The number of benzene rings is 1. The molecule has 0 heterocycles. The van der Waals surface area contributed by atoms with E-state index in [1.165, 1.54) is 32.1 Å². The van der Waals surface area contributed by atoms with Crippen molar-refractivity contribution in [2.24, 2.45) is 11.7 Å². The molecular formula is C15H23N3O. The third kappa shape index (κ3) is 4.47. The van der Waals surface area contributed by atoms with Gasteiger partial charge in [0.15, 0.2) is 0 Å². The van der Waals surface area contributed by atoms with Crippen molar-refractivity contribution in [3.05, 3.63) is 24.3 Å². The molecule has 104 valence electrons. The van der Waals surface area contributed by atoms with Crippen LogP contribution in [0.25, 0.3) is 0 Å². The highest BCUT2D eigenvalue weighted by Gasteiger charge is 2.15. The maximum Gasteiger partial charge on any atom is 0.316 e. The van der Waals surface area contributed by atoms with Crippen LogP contribution < -0.4 is 16.4 Å². The Hall–Kier alpha value is -1.71. The number of amides is 2. The van der Waals surface area contributed by atoms with Gasteiger partial charge in [-0.25, -0.2) is 4.79 Å². The molecule has 2 amide bonds. The fourth-order valence-corrected chi connectivity index (χ4v) is 2.66. The summed E-state index contributed by atoms with van der Waals surface area (Å²) in [5.41, 5.74) is 6.91. The molecule has 1 aromatic carbocycles. The first-order chi connectivity index (χ1) is 9.13. The van der Waals surface area contributed by atoms with Gasteiger partial charge in [0, 0.05) is 17.4 Å². The number of primary amides is 1. The molecule has 19 heavy (non-hydrogen) atoms. The van der Waals surface area contributed by atoms with Gasteiger partial charge in [-0.15, -0.1) is 0 Å². The predicted octanol–water partition coefficient (Wildman–Crippen LogP) is 3.56. The zero-order valence-electron chi connectivity index (χ0n) is 11.5. The van der Waals surface area contributed by atoms with Gasteiger partial charge in [0.25, 0.3) is 0 Å². The molecule has 1 aliphatic rings. The minimum atomic E-state index is -0.529. The van der Waals surface area contributed by atoms with Crippen molar-refractivity contribution in [3.63, 3.8) is 0 Å². The van der Waals surface area contributed by atoms with Crippen molar-refractivity contribution in [1.82, 2.24) is 0 Å². The number of nitrogens with two attached hydrogens (primary N) is 1. The second kappa shape index (κ2) is 6.45. The Balaban J connectivity index is 1.90. The second-order valence-corrected chi connectivity index (χ2v) is 5.52. The summed E-state index contributed by atoms with van der Waals surface area (Å²) in [6, 6.07) is 7.75. The van der Waals surface area contributed by atoms with Gasteiger partial charge in [0.1, 0.15) is 0 Å². The highest BCUT2D eigenvalue weighted by atomic mass is 16.2. The number of urea groups is 1. The number of nitrogens with one attached hydrogen (secondary N) is 2. The second-order valence-electron chi connectivity index (χ2n) is 5.52. The fraction of sp³-hybridized carbons (Fsp3) is 0.533. The van der Waals surface area contributed by atoms with E-state index >= 15 is 0 Å². The molecule has 0 bridgehead atoms. The topological polar surface area (TPSA) is 67.2 Å². The minimum absolute atomic E-state index is 0.529. The van der Waals surface area contributed by atoms with Crippen molar-refractivity contribution in [2.75, 3.05) is 10.6 Å². The summed E-state index contributed by atoms with van der Waals surface area (Å²) in [5, 5.41) is 6.14. The number of anilines is 2. The Kier molecular flexibility index (Phi) is 4.66. The largest absolute Gasteiger partial charge is 0.382 e. The van der Waals surface area contributed by atoms with Crippen LogP contribution in [0.2, 0.25) is 0 Å². The molecule has 4 nitrogen and oxygen atoms in total. The van der Waals surface area contributed by atoms with Crippen molar-refractivity contribution in [2.45, 2.75) is 45.1 Å². The molecule has 0 spiro atoms. The molecule has 2 atom stereocenters. The van der Waals surface area contributed by atoms with Crippen molar-refractivity contribution in [3.8, 4) is 0 Å². The van der Waals surface area contributed by atoms with Crippen molar-refractivity contribution in [1.29, 1.82) is 0 Å².